The number of hydrogen-bond donors (Lipinski definition) is 1. The van der Waals surface area contributed by atoms with Gasteiger partial charge in [-0.3, -0.25) is 14.6 Å². The molecule has 5 heteroatoms. The summed E-state index contributed by atoms with van der Waals surface area (Å²) in [5, 5.41) is 2.90. The number of amides is 2. The molecule has 0 aliphatic carbocycles. The van der Waals surface area contributed by atoms with E-state index in [2.05, 4.69) is 10.3 Å². The SMILES string of the molecule is Cc1cc(C)c(NC(=O)CN(C)C(=O)/C=C/c2cccnc2)c(C)c1. The zero-order valence-corrected chi connectivity index (χ0v) is 15.0. The van der Waals surface area contributed by atoms with Crippen LogP contribution >= 0.6 is 0 Å². The molecule has 1 N–H and O–H groups in total. The first kappa shape index (κ1) is 18.4. The van der Waals surface area contributed by atoms with Gasteiger partial charge in [-0.25, -0.2) is 0 Å². The molecule has 2 aromatic rings. The number of nitrogens with zero attached hydrogens (tertiary/aromatic N) is 2. The smallest absolute Gasteiger partial charge is 0.246 e. The Morgan fingerprint density at radius 3 is 2.48 bits per heavy atom. The van der Waals surface area contributed by atoms with Gasteiger partial charge in [0.1, 0.15) is 0 Å². The molecule has 0 saturated heterocycles. The molecule has 0 aliphatic rings. The van der Waals surface area contributed by atoms with Gasteiger partial charge in [-0.05, 0) is 49.6 Å². The molecule has 0 atom stereocenters. The van der Waals surface area contributed by atoms with Gasteiger partial charge in [-0.15, -0.1) is 0 Å². The molecule has 0 spiro atoms. The second-order valence-corrected chi connectivity index (χ2v) is 6.14. The molecule has 1 heterocycles. The van der Waals surface area contributed by atoms with Crippen molar-refractivity contribution in [1.82, 2.24) is 9.88 Å². The van der Waals surface area contributed by atoms with Gasteiger partial charge in [0, 0.05) is 31.2 Å². The fourth-order valence-electron chi connectivity index (χ4n) is 2.62. The molecule has 2 amide bonds. The number of benzene rings is 1. The minimum absolute atomic E-state index is 0.0109. The molecule has 0 saturated carbocycles. The van der Waals surface area contributed by atoms with Crippen LogP contribution in [0.1, 0.15) is 22.3 Å². The topological polar surface area (TPSA) is 62.3 Å². The van der Waals surface area contributed by atoms with Gasteiger partial charge < -0.3 is 10.2 Å². The Balaban J connectivity index is 1.96. The Morgan fingerprint density at radius 1 is 1.20 bits per heavy atom. The molecule has 1 aromatic heterocycles. The van der Waals surface area contributed by atoms with Gasteiger partial charge in [0.25, 0.3) is 0 Å². The molecule has 0 unspecified atom stereocenters. The third-order valence-electron chi connectivity index (χ3n) is 3.80. The summed E-state index contributed by atoms with van der Waals surface area (Å²) < 4.78 is 0. The Hall–Kier alpha value is -2.95. The van der Waals surface area contributed by atoms with Crippen LogP contribution in [0, 0.1) is 20.8 Å². The molecule has 0 fully saturated rings. The van der Waals surface area contributed by atoms with Crippen molar-refractivity contribution < 1.29 is 9.59 Å². The summed E-state index contributed by atoms with van der Waals surface area (Å²) in [6.45, 7) is 5.93. The van der Waals surface area contributed by atoms with E-state index in [1.165, 1.54) is 11.0 Å². The number of likely N-dealkylation sites (N-methyl/N-ethyl adjacent to an activating group) is 1. The normalized spacial score (nSPS) is 10.7. The second kappa shape index (κ2) is 8.24. The van der Waals surface area contributed by atoms with E-state index in [1.807, 2.05) is 39.0 Å². The van der Waals surface area contributed by atoms with Crippen molar-refractivity contribution in [2.45, 2.75) is 20.8 Å². The lowest BCUT2D eigenvalue weighted by atomic mass is 10.1. The molecular formula is C20H23N3O2. The number of pyridine rings is 1. The highest BCUT2D eigenvalue weighted by Crippen LogP contribution is 2.21. The number of hydrogen-bond acceptors (Lipinski definition) is 3. The van der Waals surface area contributed by atoms with E-state index in [0.29, 0.717) is 0 Å². The lowest BCUT2D eigenvalue weighted by Crippen LogP contribution is -2.34. The fourth-order valence-corrected chi connectivity index (χ4v) is 2.62. The minimum Gasteiger partial charge on any atom is -0.333 e. The molecular weight excluding hydrogens is 314 g/mol. The zero-order chi connectivity index (χ0) is 18.4. The Morgan fingerprint density at radius 2 is 1.88 bits per heavy atom. The van der Waals surface area contributed by atoms with Crippen LogP contribution in [-0.4, -0.2) is 35.3 Å². The number of carbonyl (C=O) groups excluding carboxylic acids is 2. The van der Waals surface area contributed by atoms with Gasteiger partial charge in [0.15, 0.2) is 0 Å². The van der Waals surface area contributed by atoms with Gasteiger partial charge in [-0.2, -0.15) is 0 Å². The number of aromatic nitrogens is 1. The minimum atomic E-state index is -0.239. The lowest BCUT2D eigenvalue weighted by molar-refractivity contribution is -0.129. The number of anilines is 1. The fraction of sp³-hybridized carbons (Fsp3) is 0.250. The van der Waals surface area contributed by atoms with Gasteiger partial charge >= 0.3 is 0 Å². The van der Waals surface area contributed by atoms with E-state index >= 15 is 0 Å². The highest BCUT2D eigenvalue weighted by molar-refractivity contribution is 5.98. The van der Waals surface area contributed by atoms with Crippen molar-refractivity contribution in [2.24, 2.45) is 0 Å². The summed E-state index contributed by atoms with van der Waals surface area (Å²) in [5.41, 5.74) is 4.82. The standard InChI is InChI=1S/C20H23N3O2/c1-14-10-15(2)20(16(3)11-14)22-18(24)13-23(4)19(25)8-7-17-6-5-9-21-12-17/h5-12H,13H2,1-4H3,(H,22,24)/b8-7+. The maximum atomic E-state index is 12.3. The van der Waals surface area contributed by atoms with Crippen LogP contribution in [0.15, 0.2) is 42.7 Å². The van der Waals surface area contributed by atoms with Crippen molar-refractivity contribution >= 4 is 23.6 Å². The molecule has 0 aliphatic heterocycles. The summed E-state index contributed by atoms with van der Waals surface area (Å²) in [4.78, 5) is 29.7. The second-order valence-electron chi connectivity index (χ2n) is 6.14. The maximum Gasteiger partial charge on any atom is 0.246 e. The molecule has 0 radical (unpaired) electrons. The highest BCUT2D eigenvalue weighted by Gasteiger charge is 2.13. The first-order chi connectivity index (χ1) is 11.9. The van der Waals surface area contributed by atoms with Crippen LogP contribution in [0.4, 0.5) is 5.69 Å². The third-order valence-corrected chi connectivity index (χ3v) is 3.80. The predicted octanol–water partition coefficient (Wildman–Crippen LogP) is 3.12. The number of aryl methyl sites for hydroxylation is 3. The Labute approximate surface area is 148 Å². The highest BCUT2D eigenvalue weighted by atomic mass is 16.2. The van der Waals surface area contributed by atoms with Crippen LogP contribution in [0.3, 0.4) is 0 Å². The number of rotatable bonds is 5. The Bertz CT molecular complexity index is 775. The lowest BCUT2D eigenvalue weighted by Gasteiger charge is -2.17. The van der Waals surface area contributed by atoms with Crippen LogP contribution < -0.4 is 5.32 Å². The number of nitrogens with one attached hydrogen (secondary N) is 1. The summed E-state index contributed by atoms with van der Waals surface area (Å²) in [7, 11) is 1.60. The van der Waals surface area contributed by atoms with Crippen LogP contribution in [0.25, 0.3) is 6.08 Å². The van der Waals surface area contributed by atoms with E-state index in [4.69, 9.17) is 0 Å². The summed E-state index contributed by atoms with van der Waals surface area (Å²) in [5.74, 6) is -0.461. The van der Waals surface area contributed by atoms with Crippen molar-refractivity contribution in [3.8, 4) is 0 Å². The van der Waals surface area contributed by atoms with E-state index < -0.39 is 0 Å². The van der Waals surface area contributed by atoms with Gasteiger partial charge in [0.05, 0.1) is 6.54 Å². The number of carbonyl (C=O) groups is 2. The summed E-state index contributed by atoms with van der Waals surface area (Å²) in [6, 6.07) is 7.70. The average Bonchev–Trinajstić information content (AvgIpc) is 2.56. The zero-order valence-electron chi connectivity index (χ0n) is 15.0. The van der Waals surface area contributed by atoms with E-state index in [-0.39, 0.29) is 18.4 Å². The quantitative estimate of drug-likeness (QED) is 0.853. The van der Waals surface area contributed by atoms with E-state index in [9.17, 15) is 9.59 Å². The molecule has 5 nitrogen and oxygen atoms in total. The van der Waals surface area contributed by atoms with E-state index in [0.717, 1.165) is 27.9 Å². The van der Waals surface area contributed by atoms with Gasteiger partial charge in [0.2, 0.25) is 11.8 Å². The van der Waals surface area contributed by atoms with Crippen LogP contribution in [0.5, 0.6) is 0 Å². The summed E-state index contributed by atoms with van der Waals surface area (Å²) in [6.07, 6.45) is 6.45. The predicted molar refractivity (Wildman–Crippen MR) is 100 cm³/mol. The third kappa shape index (κ3) is 5.28. The summed E-state index contributed by atoms with van der Waals surface area (Å²) >= 11 is 0. The Kier molecular flexibility index (Phi) is 6.06. The molecule has 2 rings (SSSR count). The monoisotopic (exact) mass is 337 g/mol. The van der Waals surface area contributed by atoms with Crippen molar-refractivity contribution in [2.75, 3.05) is 18.9 Å². The first-order valence-corrected chi connectivity index (χ1v) is 8.07. The van der Waals surface area contributed by atoms with E-state index in [1.54, 1.807) is 31.6 Å². The van der Waals surface area contributed by atoms with Crippen LogP contribution in [0.2, 0.25) is 0 Å². The molecule has 25 heavy (non-hydrogen) atoms. The largest absolute Gasteiger partial charge is 0.333 e. The van der Waals surface area contributed by atoms with Crippen molar-refractivity contribution in [1.29, 1.82) is 0 Å². The van der Waals surface area contributed by atoms with Crippen LogP contribution in [-0.2, 0) is 9.59 Å². The van der Waals surface area contributed by atoms with Crippen molar-refractivity contribution in [3.05, 3.63) is 65.0 Å². The molecule has 0 bridgehead atoms. The maximum absolute atomic E-state index is 12.3. The first-order valence-electron chi connectivity index (χ1n) is 8.07. The molecule has 1 aromatic carbocycles. The van der Waals surface area contributed by atoms with Crippen molar-refractivity contribution in [3.63, 3.8) is 0 Å². The molecule has 130 valence electrons. The van der Waals surface area contributed by atoms with Gasteiger partial charge in [-0.1, -0.05) is 23.8 Å². The average molecular weight is 337 g/mol.